The number of nitrogens with one attached hydrogen (secondary N) is 2. The lowest BCUT2D eigenvalue weighted by Crippen LogP contribution is -2.40. The molecule has 1 fully saturated rings. The average molecular weight is 375 g/mol. The van der Waals surface area contributed by atoms with Crippen molar-refractivity contribution in [2.75, 3.05) is 16.6 Å². The fourth-order valence-electron chi connectivity index (χ4n) is 2.92. The number of thioether (sulfide) groups is 1. The third-order valence-electron chi connectivity index (χ3n) is 3.81. The standard InChI is InChI=1S/C14H18FN3O4S2/c1-7(2)16-8-3-9-11(23-6-8)4-10(19)14(13(9)15)18-5-12(20)17-24(18,21)22/h4,7-8,16,19H,3,5-6H2,1-2H3,(H,17,20)/t8-/m0/s1. The Morgan fingerprint density at radius 1 is 1.50 bits per heavy atom. The molecule has 1 amide bonds. The van der Waals surface area contributed by atoms with Gasteiger partial charge in [-0.3, -0.25) is 4.79 Å². The number of carbonyl (C=O) groups is 1. The van der Waals surface area contributed by atoms with Gasteiger partial charge in [0.25, 0.3) is 5.91 Å². The molecule has 24 heavy (non-hydrogen) atoms. The van der Waals surface area contributed by atoms with E-state index in [9.17, 15) is 18.3 Å². The maximum absolute atomic E-state index is 15.0. The highest BCUT2D eigenvalue weighted by Crippen LogP contribution is 2.42. The van der Waals surface area contributed by atoms with Crippen LogP contribution >= 0.6 is 11.8 Å². The van der Waals surface area contributed by atoms with Gasteiger partial charge in [0.2, 0.25) is 0 Å². The number of carbonyl (C=O) groups excluding carboxylic acids is 1. The van der Waals surface area contributed by atoms with Crippen LogP contribution in [0.1, 0.15) is 19.4 Å². The quantitative estimate of drug-likeness (QED) is 0.720. The van der Waals surface area contributed by atoms with Crippen molar-refractivity contribution < 1.29 is 22.7 Å². The number of aromatic hydroxyl groups is 1. The van der Waals surface area contributed by atoms with E-state index in [2.05, 4.69) is 5.32 Å². The second kappa shape index (κ2) is 6.08. The SMILES string of the molecule is CC(C)N[C@@H]1CSc2cc(O)c(N3CC(=O)NS3(=O)=O)c(F)c2C1. The highest BCUT2D eigenvalue weighted by molar-refractivity contribution is 7.99. The number of hydrogen-bond donors (Lipinski definition) is 3. The van der Waals surface area contributed by atoms with Crippen molar-refractivity contribution in [2.45, 2.75) is 37.2 Å². The molecule has 10 heteroatoms. The summed E-state index contributed by atoms with van der Waals surface area (Å²) in [6, 6.07) is 1.64. The van der Waals surface area contributed by atoms with Gasteiger partial charge in [-0.05, 0) is 12.5 Å². The van der Waals surface area contributed by atoms with E-state index < -0.39 is 39.9 Å². The second-order valence-electron chi connectivity index (χ2n) is 6.11. The van der Waals surface area contributed by atoms with E-state index in [0.717, 1.165) is 5.75 Å². The van der Waals surface area contributed by atoms with Gasteiger partial charge in [-0.1, -0.05) is 13.8 Å². The Kier molecular flexibility index (Phi) is 4.39. The van der Waals surface area contributed by atoms with Crippen LogP contribution in [-0.2, 0) is 21.4 Å². The molecule has 0 saturated carbocycles. The van der Waals surface area contributed by atoms with E-state index in [1.807, 2.05) is 13.8 Å². The van der Waals surface area contributed by atoms with E-state index in [4.69, 9.17) is 0 Å². The second-order valence-corrected chi connectivity index (χ2v) is 8.76. The number of rotatable bonds is 3. The molecule has 0 spiro atoms. The number of phenolic OH excluding ortho intramolecular Hbond substituents is 1. The Hall–Kier alpha value is -1.52. The molecule has 3 N–H and O–H groups in total. The van der Waals surface area contributed by atoms with Crippen molar-refractivity contribution >= 4 is 33.6 Å². The van der Waals surface area contributed by atoms with Gasteiger partial charge >= 0.3 is 10.2 Å². The normalized spacial score (nSPS) is 22.6. The average Bonchev–Trinajstić information content (AvgIpc) is 2.72. The molecule has 2 aliphatic rings. The molecule has 3 rings (SSSR count). The number of anilines is 1. The minimum atomic E-state index is -4.18. The molecule has 2 aliphatic heterocycles. The molecule has 7 nitrogen and oxygen atoms in total. The Morgan fingerprint density at radius 3 is 2.79 bits per heavy atom. The van der Waals surface area contributed by atoms with Crippen LogP contribution in [0.2, 0.25) is 0 Å². The van der Waals surface area contributed by atoms with Gasteiger partial charge in [0.05, 0.1) is 0 Å². The Labute approximate surface area is 143 Å². The lowest BCUT2D eigenvalue weighted by molar-refractivity contribution is -0.117. The summed E-state index contributed by atoms with van der Waals surface area (Å²) in [5.41, 5.74) is -0.121. The van der Waals surface area contributed by atoms with Crippen LogP contribution in [0.3, 0.4) is 0 Å². The van der Waals surface area contributed by atoms with Crippen LogP contribution in [0.4, 0.5) is 10.1 Å². The molecule has 0 aliphatic carbocycles. The molecule has 1 aromatic carbocycles. The molecule has 1 aromatic rings. The number of phenols is 1. The van der Waals surface area contributed by atoms with Crippen LogP contribution in [0, 0.1) is 5.82 Å². The molecule has 0 radical (unpaired) electrons. The van der Waals surface area contributed by atoms with E-state index in [0.29, 0.717) is 21.2 Å². The smallest absolute Gasteiger partial charge is 0.326 e. The minimum absolute atomic E-state index is 0.0457. The zero-order valence-electron chi connectivity index (χ0n) is 13.2. The van der Waals surface area contributed by atoms with Crippen LogP contribution in [0.5, 0.6) is 5.75 Å². The van der Waals surface area contributed by atoms with Crippen LogP contribution in [0.15, 0.2) is 11.0 Å². The first-order valence-electron chi connectivity index (χ1n) is 7.45. The first kappa shape index (κ1) is 17.3. The Balaban J connectivity index is 2.03. The molecule has 1 saturated heterocycles. The number of hydrogen-bond acceptors (Lipinski definition) is 6. The number of amides is 1. The lowest BCUT2D eigenvalue weighted by atomic mass is 10.0. The topological polar surface area (TPSA) is 98.7 Å². The summed E-state index contributed by atoms with van der Waals surface area (Å²) in [6.45, 7) is 3.44. The summed E-state index contributed by atoms with van der Waals surface area (Å²) < 4.78 is 41.3. The fraction of sp³-hybridized carbons (Fsp3) is 0.500. The van der Waals surface area contributed by atoms with E-state index in [1.54, 1.807) is 4.72 Å². The molecular weight excluding hydrogens is 357 g/mol. The maximum Gasteiger partial charge on any atom is 0.326 e. The van der Waals surface area contributed by atoms with Gasteiger partial charge in [0, 0.05) is 28.3 Å². The van der Waals surface area contributed by atoms with Crippen LogP contribution in [-0.4, -0.2) is 43.8 Å². The van der Waals surface area contributed by atoms with Crippen molar-refractivity contribution in [3.8, 4) is 5.75 Å². The highest BCUT2D eigenvalue weighted by atomic mass is 32.2. The first-order valence-corrected chi connectivity index (χ1v) is 9.88. The predicted molar refractivity (Wildman–Crippen MR) is 89.0 cm³/mol. The highest BCUT2D eigenvalue weighted by Gasteiger charge is 2.39. The summed E-state index contributed by atoms with van der Waals surface area (Å²) in [6.07, 6.45) is 0.384. The van der Waals surface area contributed by atoms with Gasteiger partial charge < -0.3 is 10.4 Å². The van der Waals surface area contributed by atoms with Crippen molar-refractivity contribution in [3.05, 3.63) is 17.4 Å². The summed E-state index contributed by atoms with van der Waals surface area (Å²) in [5, 5.41) is 13.5. The molecular formula is C14H18FN3O4S2. The maximum atomic E-state index is 15.0. The summed E-state index contributed by atoms with van der Waals surface area (Å²) in [7, 11) is -4.18. The van der Waals surface area contributed by atoms with E-state index in [1.165, 1.54) is 17.8 Å². The minimum Gasteiger partial charge on any atom is -0.506 e. The lowest BCUT2D eigenvalue weighted by Gasteiger charge is -2.29. The summed E-state index contributed by atoms with van der Waals surface area (Å²) in [5.74, 6) is -1.33. The van der Waals surface area contributed by atoms with Crippen LogP contribution in [0.25, 0.3) is 0 Å². The number of nitrogens with zero attached hydrogens (tertiary/aromatic N) is 1. The Bertz CT molecular complexity index is 798. The van der Waals surface area contributed by atoms with E-state index >= 15 is 4.39 Å². The zero-order valence-corrected chi connectivity index (χ0v) is 14.8. The van der Waals surface area contributed by atoms with Crippen LogP contribution < -0.4 is 14.3 Å². The fourth-order valence-corrected chi connectivity index (χ4v) is 5.22. The van der Waals surface area contributed by atoms with Crippen molar-refractivity contribution in [3.63, 3.8) is 0 Å². The number of halogens is 1. The molecule has 2 heterocycles. The number of fused-ring (bicyclic) bond motifs is 1. The molecule has 132 valence electrons. The molecule has 0 aromatic heterocycles. The molecule has 1 atom stereocenters. The van der Waals surface area contributed by atoms with Crippen molar-refractivity contribution in [1.29, 1.82) is 0 Å². The third kappa shape index (κ3) is 3.05. The molecule has 0 bridgehead atoms. The van der Waals surface area contributed by atoms with E-state index in [-0.39, 0.29) is 12.1 Å². The largest absolute Gasteiger partial charge is 0.506 e. The van der Waals surface area contributed by atoms with Gasteiger partial charge in [-0.2, -0.15) is 8.42 Å². The Morgan fingerprint density at radius 2 is 2.21 bits per heavy atom. The summed E-state index contributed by atoms with van der Waals surface area (Å²) in [4.78, 5) is 12.0. The van der Waals surface area contributed by atoms with Gasteiger partial charge in [0.1, 0.15) is 18.0 Å². The first-order chi connectivity index (χ1) is 11.2. The van der Waals surface area contributed by atoms with Crippen molar-refractivity contribution in [2.24, 2.45) is 0 Å². The van der Waals surface area contributed by atoms with Gasteiger partial charge in [0.15, 0.2) is 5.82 Å². The third-order valence-corrected chi connectivity index (χ3v) is 6.43. The zero-order chi connectivity index (χ0) is 17.6. The van der Waals surface area contributed by atoms with Gasteiger partial charge in [-0.25, -0.2) is 13.4 Å². The summed E-state index contributed by atoms with van der Waals surface area (Å²) >= 11 is 1.41. The monoisotopic (exact) mass is 375 g/mol. The predicted octanol–water partition coefficient (Wildman–Crippen LogP) is 0.727. The van der Waals surface area contributed by atoms with Gasteiger partial charge in [-0.15, -0.1) is 11.8 Å². The number of benzene rings is 1. The molecule has 0 unspecified atom stereocenters. The van der Waals surface area contributed by atoms with Crippen molar-refractivity contribution in [1.82, 2.24) is 10.0 Å².